The predicted octanol–water partition coefficient (Wildman–Crippen LogP) is 4.62. The van der Waals surface area contributed by atoms with E-state index < -0.39 is 5.60 Å². The first-order chi connectivity index (χ1) is 16.0. The van der Waals surface area contributed by atoms with Gasteiger partial charge in [0.25, 0.3) is 0 Å². The molecule has 0 spiro atoms. The van der Waals surface area contributed by atoms with Gasteiger partial charge in [0.15, 0.2) is 0 Å². The van der Waals surface area contributed by atoms with Gasteiger partial charge in [0.1, 0.15) is 17.2 Å². The molecule has 4 rings (SSSR count). The van der Waals surface area contributed by atoms with Gasteiger partial charge in [0.2, 0.25) is 5.91 Å². The highest BCUT2D eigenvalue weighted by Gasteiger charge is 2.50. The number of amides is 1. The molecule has 1 saturated carbocycles. The summed E-state index contributed by atoms with van der Waals surface area (Å²) in [6.45, 7) is 0.490. The summed E-state index contributed by atoms with van der Waals surface area (Å²) in [5.41, 5.74) is 1.03. The van der Waals surface area contributed by atoms with Gasteiger partial charge in [-0.25, -0.2) is 0 Å². The van der Waals surface area contributed by atoms with E-state index in [-0.39, 0.29) is 17.9 Å². The molecule has 1 N–H and O–H groups in total. The standard InChI is InChI=1S/C27H33NO5/c1-31-20-10-7-19(8-11-20)9-14-25(29)28-17-16-27(30)15-5-4-6-23(27)26(28)22-18-21(32-2)12-13-24(22)33-3/h7-14,18,23,26,30H,4-6,15-17H2,1-3H3/b14-9+/t23-,26-,27+/m0/s1. The number of methoxy groups -OCH3 is 3. The van der Waals surface area contributed by atoms with Crippen LogP contribution in [0.2, 0.25) is 0 Å². The van der Waals surface area contributed by atoms with Crippen LogP contribution in [0.15, 0.2) is 48.5 Å². The van der Waals surface area contributed by atoms with Gasteiger partial charge < -0.3 is 24.2 Å². The Kier molecular flexibility index (Phi) is 6.94. The smallest absolute Gasteiger partial charge is 0.247 e. The number of nitrogens with zero attached hydrogens (tertiary/aromatic N) is 1. The fourth-order valence-corrected chi connectivity index (χ4v) is 5.36. The van der Waals surface area contributed by atoms with Crippen molar-refractivity contribution in [2.24, 2.45) is 5.92 Å². The maximum Gasteiger partial charge on any atom is 0.247 e. The number of fused-ring (bicyclic) bond motifs is 1. The molecule has 2 aromatic carbocycles. The molecule has 0 bridgehead atoms. The highest BCUT2D eigenvalue weighted by atomic mass is 16.5. The summed E-state index contributed by atoms with van der Waals surface area (Å²) in [5.74, 6) is 2.05. The molecular formula is C27H33NO5. The molecule has 33 heavy (non-hydrogen) atoms. The molecule has 1 amide bonds. The van der Waals surface area contributed by atoms with Gasteiger partial charge in [-0.1, -0.05) is 25.0 Å². The van der Waals surface area contributed by atoms with Crippen molar-refractivity contribution in [3.8, 4) is 17.2 Å². The first-order valence-electron chi connectivity index (χ1n) is 11.6. The van der Waals surface area contributed by atoms with Crippen LogP contribution < -0.4 is 14.2 Å². The Hall–Kier alpha value is -2.99. The average molecular weight is 452 g/mol. The largest absolute Gasteiger partial charge is 0.497 e. The lowest BCUT2D eigenvalue weighted by atomic mass is 9.66. The number of rotatable bonds is 6. The lowest BCUT2D eigenvalue weighted by Crippen LogP contribution is -2.56. The Bertz CT molecular complexity index is 1000. The molecule has 0 aromatic heterocycles. The quantitative estimate of drug-likeness (QED) is 0.649. The summed E-state index contributed by atoms with van der Waals surface area (Å²) in [5, 5.41) is 11.5. The van der Waals surface area contributed by atoms with Crippen LogP contribution in [0.4, 0.5) is 0 Å². The van der Waals surface area contributed by atoms with E-state index in [0.717, 1.165) is 42.6 Å². The highest BCUT2D eigenvalue weighted by molar-refractivity contribution is 5.92. The molecule has 2 aromatic rings. The zero-order valence-corrected chi connectivity index (χ0v) is 19.6. The maximum absolute atomic E-state index is 13.5. The number of carbonyl (C=O) groups is 1. The van der Waals surface area contributed by atoms with Gasteiger partial charge in [-0.15, -0.1) is 0 Å². The zero-order chi connectivity index (χ0) is 23.4. The molecular weight excluding hydrogens is 418 g/mol. The number of hydrogen-bond acceptors (Lipinski definition) is 5. The molecule has 3 atom stereocenters. The molecule has 0 unspecified atom stereocenters. The van der Waals surface area contributed by atoms with Crippen molar-refractivity contribution >= 4 is 12.0 Å². The number of likely N-dealkylation sites (tertiary alicyclic amines) is 1. The Morgan fingerprint density at radius 1 is 1.00 bits per heavy atom. The van der Waals surface area contributed by atoms with Crippen LogP contribution in [0.5, 0.6) is 17.2 Å². The molecule has 1 aliphatic heterocycles. The van der Waals surface area contributed by atoms with E-state index in [0.29, 0.717) is 24.5 Å². The van der Waals surface area contributed by atoms with Gasteiger partial charge in [0, 0.05) is 24.1 Å². The molecule has 6 nitrogen and oxygen atoms in total. The van der Waals surface area contributed by atoms with Crippen molar-refractivity contribution in [2.45, 2.75) is 43.7 Å². The normalized spacial score (nSPS) is 24.9. The van der Waals surface area contributed by atoms with Crippen molar-refractivity contribution in [3.63, 3.8) is 0 Å². The third-order valence-corrected chi connectivity index (χ3v) is 7.14. The van der Waals surface area contributed by atoms with Gasteiger partial charge in [-0.2, -0.15) is 0 Å². The number of hydrogen-bond donors (Lipinski definition) is 1. The molecule has 1 aliphatic carbocycles. The molecule has 1 heterocycles. The fourth-order valence-electron chi connectivity index (χ4n) is 5.36. The van der Waals surface area contributed by atoms with Crippen LogP contribution in [-0.4, -0.2) is 49.4 Å². The summed E-state index contributed by atoms with van der Waals surface area (Å²) in [6, 6.07) is 13.0. The molecule has 0 radical (unpaired) electrons. The lowest BCUT2D eigenvalue weighted by Gasteiger charge is -2.52. The Balaban J connectivity index is 1.69. The van der Waals surface area contributed by atoms with Gasteiger partial charge in [0.05, 0.1) is 33.0 Å². The minimum absolute atomic E-state index is 0.0562. The van der Waals surface area contributed by atoms with E-state index in [2.05, 4.69) is 0 Å². The first kappa shape index (κ1) is 23.2. The van der Waals surface area contributed by atoms with Crippen molar-refractivity contribution < 1.29 is 24.1 Å². The van der Waals surface area contributed by atoms with Crippen LogP contribution in [-0.2, 0) is 4.79 Å². The fraction of sp³-hybridized carbons (Fsp3) is 0.444. The van der Waals surface area contributed by atoms with E-state index >= 15 is 0 Å². The zero-order valence-electron chi connectivity index (χ0n) is 19.6. The summed E-state index contributed by atoms with van der Waals surface area (Å²) in [7, 11) is 4.89. The second kappa shape index (κ2) is 9.87. The number of ether oxygens (including phenoxy) is 3. The summed E-state index contributed by atoms with van der Waals surface area (Å²) >= 11 is 0. The second-order valence-corrected chi connectivity index (χ2v) is 8.90. The number of piperidine rings is 1. The molecule has 6 heteroatoms. The maximum atomic E-state index is 13.5. The summed E-state index contributed by atoms with van der Waals surface area (Å²) < 4.78 is 16.4. The van der Waals surface area contributed by atoms with Crippen LogP contribution >= 0.6 is 0 Å². The Morgan fingerprint density at radius 3 is 2.42 bits per heavy atom. The Labute approximate surface area is 195 Å². The van der Waals surface area contributed by atoms with Gasteiger partial charge >= 0.3 is 0 Å². The minimum atomic E-state index is -0.770. The SMILES string of the molecule is COc1ccc(/C=C/C(=O)N2CC[C@]3(O)CCCC[C@H]3[C@@H]2c2cc(OC)ccc2OC)cc1. The van der Waals surface area contributed by atoms with Crippen LogP contribution in [0.3, 0.4) is 0 Å². The minimum Gasteiger partial charge on any atom is -0.497 e. The average Bonchev–Trinajstić information content (AvgIpc) is 2.86. The number of carbonyl (C=O) groups excluding carboxylic acids is 1. The number of aliphatic hydroxyl groups is 1. The predicted molar refractivity (Wildman–Crippen MR) is 128 cm³/mol. The Morgan fingerprint density at radius 2 is 1.73 bits per heavy atom. The van der Waals surface area contributed by atoms with Crippen molar-refractivity contribution in [1.82, 2.24) is 4.90 Å². The van der Waals surface area contributed by atoms with Crippen LogP contribution in [0, 0.1) is 5.92 Å². The van der Waals surface area contributed by atoms with E-state index in [1.54, 1.807) is 27.4 Å². The summed E-state index contributed by atoms with van der Waals surface area (Å²) in [4.78, 5) is 15.4. The molecule has 2 aliphatic rings. The highest BCUT2D eigenvalue weighted by Crippen LogP contribution is 2.51. The summed E-state index contributed by atoms with van der Waals surface area (Å²) in [6.07, 6.45) is 7.72. The van der Waals surface area contributed by atoms with Crippen molar-refractivity contribution in [2.75, 3.05) is 27.9 Å². The third-order valence-electron chi connectivity index (χ3n) is 7.14. The second-order valence-electron chi connectivity index (χ2n) is 8.90. The van der Waals surface area contributed by atoms with Crippen molar-refractivity contribution in [1.29, 1.82) is 0 Å². The van der Waals surface area contributed by atoms with E-state index in [9.17, 15) is 9.90 Å². The van der Waals surface area contributed by atoms with Crippen molar-refractivity contribution in [3.05, 3.63) is 59.7 Å². The molecule has 2 fully saturated rings. The molecule has 1 saturated heterocycles. The van der Waals surface area contributed by atoms with E-state index in [1.165, 1.54) is 0 Å². The lowest BCUT2D eigenvalue weighted by molar-refractivity contribution is -0.151. The third kappa shape index (κ3) is 4.71. The molecule has 176 valence electrons. The van der Waals surface area contributed by atoms with Crippen LogP contribution in [0.25, 0.3) is 6.08 Å². The van der Waals surface area contributed by atoms with E-state index in [4.69, 9.17) is 14.2 Å². The van der Waals surface area contributed by atoms with Crippen LogP contribution in [0.1, 0.15) is 49.3 Å². The topological polar surface area (TPSA) is 68.2 Å². The monoisotopic (exact) mass is 451 g/mol. The van der Waals surface area contributed by atoms with E-state index in [1.807, 2.05) is 53.4 Å². The first-order valence-corrected chi connectivity index (χ1v) is 11.6. The number of benzene rings is 2. The van der Waals surface area contributed by atoms with Gasteiger partial charge in [-0.3, -0.25) is 4.79 Å². The van der Waals surface area contributed by atoms with Gasteiger partial charge in [-0.05, 0) is 61.2 Å².